The van der Waals surface area contributed by atoms with Crippen LogP contribution < -0.4 is 5.32 Å². The standard InChI is InChI=1S/C21H28N4O2.2ClH/c1-16-2-3-17-14-18(4-5-19(17)23-16)21(27)6-10-25(11-7-21)20(26)15-24-12-8-22-9-13-24;;/h2-5,14,22,27H,6-13,15H2,1H3;2*1H. The van der Waals surface area contributed by atoms with E-state index < -0.39 is 5.60 Å². The van der Waals surface area contributed by atoms with Gasteiger partial charge in [-0.3, -0.25) is 14.7 Å². The molecule has 0 spiro atoms. The van der Waals surface area contributed by atoms with Crippen molar-refractivity contribution in [1.82, 2.24) is 20.1 Å². The van der Waals surface area contributed by atoms with Crippen molar-refractivity contribution < 1.29 is 9.90 Å². The molecule has 0 radical (unpaired) electrons. The first-order valence-electron chi connectivity index (χ1n) is 9.85. The highest BCUT2D eigenvalue weighted by Gasteiger charge is 2.35. The molecule has 0 saturated carbocycles. The highest BCUT2D eigenvalue weighted by molar-refractivity contribution is 5.85. The minimum absolute atomic E-state index is 0. The molecule has 1 aromatic heterocycles. The number of nitrogens with one attached hydrogen (secondary N) is 1. The van der Waals surface area contributed by atoms with Crippen molar-refractivity contribution in [2.45, 2.75) is 25.4 Å². The molecule has 2 aromatic rings. The van der Waals surface area contributed by atoms with Gasteiger partial charge in [0, 0.05) is 50.3 Å². The van der Waals surface area contributed by atoms with Crippen LogP contribution in [0.25, 0.3) is 10.9 Å². The zero-order valence-electron chi connectivity index (χ0n) is 16.8. The van der Waals surface area contributed by atoms with Crippen molar-refractivity contribution in [3.05, 3.63) is 41.6 Å². The van der Waals surface area contributed by atoms with Crippen LogP contribution >= 0.6 is 24.8 Å². The summed E-state index contributed by atoms with van der Waals surface area (Å²) in [6, 6.07) is 10.1. The Labute approximate surface area is 184 Å². The Balaban J connectivity index is 0.00000150. The lowest BCUT2D eigenvalue weighted by atomic mass is 9.84. The predicted molar refractivity (Wildman–Crippen MR) is 120 cm³/mol. The molecule has 2 aliphatic heterocycles. The number of hydrogen-bond acceptors (Lipinski definition) is 5. The molecule has 2 aliphatic rings. The van der Waals surface area contributed by atoms with E-state index >= 15 is 0 Å². The second-order valence-corrected chi connectivity index (χ2v) is 7.80. The number of rotatable bonds is 3. The summed E-state index contributed by atoms with van der Waals surface area (Å²) in [4.78, 5) is 21.2. The molecule has 0 atom stereocenters. The van der Waals surface area contributed by atoms with Crippen LogP contribution in [-0.2, 0) is 10.4 Å². The molecule has 0 unspecified atom stereocenters. The SMILES string of the molecule is Cc1ccc2cc(C3(O)CCN(C(=O)CN4CCNCC4)CC3)ccc2n1.Cl.Cl. The number of piperazine rings is 1. The maximum absolute atomic E-state index is 12.6. The second kappa shape index (κ2) is 10.0. The summed E-state index contributed by atoms with van der Waals surface area (Å²) in [6.45, 7) is 7.42. The summed E-state index contributed by atoms with van der Waals surface area (Å²) >= 11 is 0. The van der Waals surface area contributed by atoms with Crippen molar-refractivity contribution in [3.8, 4) is 0 Å². The summed E-state index contributed by atoms with van der Waals surface area (Å²) in [5.41, 5.74) is 2.00. The number of likely N-dealkylation sites (tertiary alicyclic amines) is 1. The Bertz CT molecular complexity index is 835. The quantitative estimate of drug-likeness (QED) is 0.764. The monoisotopic (exact) mass is 440 g/mol. The number of amides is 1. The number of nitrogens with zero attached hydrogens (tertiary/aromatic N) is 3. The number of benzene rings is 1. The van der Waals surface area contributed by atoms with Gasteiger partial charge in [-0.25, -0.2) is 0 Å². The maximum atomic E-state index is 12.6. The lowest BCUT2D eigenvalue weighted by Gasteiger charge is -2.39. The molecule has 8 heteroatoms. The molecule has 0 aliphatic carbocycles. The van der Waals surface area contributed by atoms with Crippen LogP contribution in [0.15, 0.2) is 30.3 Å². The van der Waals surface area contributed by atoms with Gasteiger partial charge in [0.2, 0.25) is 5.91 Å². The molecule has 160 valence electrons. The molecular formula is C21H30Cl2N4O2. The number of pyridine rings is 1. The fourth-order valence-corrected chi connectivity index (χ4v) is 4.09. The van der Waals surface area contributed by atoms with E-state index in [9.17, 15) is 9.90 Å². The third kappa shape index (κ3) is 5.38. The Hall–Kier alpha value is -1.44. The number of halogens is 2. The fourth-order valence-electron chi connectivity index (χ4n) is 4.09. The Morgan fingerprint density at radius 1 is 1.10 bits per heavy atom. The minimum atomic E-state index is -0.870. The lowest BCUT2D eigenvalue weighted by molar-refractivity contribution is -0.137. The zero-order valence-corrected chi connectivity index (χ0v) is 18.4. The predicted octanol–water partition coefficient (Wildman–Crippen LogP) is 2.10. The van der Waals surface area contributed by atoms with Crippen molar-refractivity contribution in [2.24, 2.45) is 0 Å². The lowest BCUT2D eigenvalue weighted by Crippen LogP contribution is -2.51. The van der Waals surface area contributed by atoms with Crippen molar-refractivity contribution in [1.29, 1.82) is 0 Å². The molecule has 1 aromatic carbocycles. The third-order valence-corrected chi connectivity index (χ3v) is 5.88. The van der Waals surface area contributed by atoms with E-state index in [1.54, 1.807) is 0 Å². The van der Waals surface area contributed by atoms with Crippen LogP contribution in [0.3, 0.4) is 0 Å². The minimum Gasteiger partial charge on any atom is -0.385 e. The summed E-state index contributed by atoms with van der Waals surface area (Å²) < 4.78 is 0. The van der Waals surface area contributed by atoms with Crippen LogP contribution in [0.2, 0.25) is 0 Å². The largest absolute Gasteiger partial charge is 0.385 e. The van der Waals surface area contributed by atoms with Crippen LogP contribution in [0.5, 0.6) is 0 Å². The smallest absolute Gasteiger partial charge is 0.236 e. The number of aromatic nitrogens is 1. The summed E-state index contributed by atoms with van der Waals surface area (Å²) in [5.74, 6) is 0.178. The highest BCUT2D eigenvalue weighted by Crippen LogP contribution is 2.34. The molecule has 0 bridgehead atoms. The summed E-state index contributed by atoms with van der Waals surface area (Å²) in [6.07, 6.45) is 1.15. The van der Waals surface area contributed by atoms with E-state index in [2.05, 4.69) is 21.3 Å². The number of carbonyl (C=O) groups is 1. The second-order valence-electron chi connectivity index (χ2n) is 7.80. The van der Waals surface area contributed by atoms with Crippen molar-refractivity contribution in [3.63, 3.8) is 0 Å². The molecule has 2 N–H and O–H groups in total. The molecule has 4 rings (SSSR count). The molecule has 2 saturated heterocycles. The van der Waals surface area contributed by atoms with Gasteiger partial charge in [-0.15, -0.1) is 24.8 Å². The molecule has 1 amide bonds. The number of carbonyl (C=O) groups excluding carboxylic acids is 1. The van der Waals surface area contributed by atoms with E-state index in [-0.39, 0.29) is 30.7 Å². The van der Waals surface area contributed by atoms with Gasteiger partial charge in [0.15, 0.2) is 0 Å². The van der Waals surface area contributed by atoms with Gasteiger partial charge in [0.25, 0.3) is 0 Å². The van der Waals surface area contributed by atoms with Crippen molar-refractivity contribution >= 4 is 41.6 Å². The van der Waals surface area contributed by atoms with E-state index in [4.69, 9.17) is 0 Å². The number of aryl methyl sites for hydroxylation is 1. The topological polar surface area (TPSA) is 68.7 Å². The fraction of sp³-hybridized carbons (Fsp3) is 0.524. The van der Waals surface area contributed by atoms with Gasteiger partial charge in [-0.2, -0.15) is 0 Å². The van der Waals surface area contributed by atoms with Crippen LogP contribution in [0, 0.1) is 6.92 Å². The van der Waals surface area contributed by atoms with Crippen LogP contribution in [0.4, 0.5) is 0 Å². The van der Waals surface area contributed by atoms with Gasteiger partial charge in [0.05, 0.1) is 17.7 Å². The summed E-state index contributed by atoms with van der Waals surface area (Å²) in [5, 5.41) is 15.6. The maximum Gasteiger partial charge on any atom is 0.236 e. The van der Waals surface area contributed by atoms with E-state index in [0.717, 1.165) is 48.3 Å². The van der Waals surface area contributed by atoms with E-state index in [0.29, 0.717) is 32.5 Å². The number of aliphatic hydroxyl groups is 1. The first-order chi connectivity index (χ1) is 13.0. The third-order valence-electron chi connectivity index (χ3n) is 5.88. The van der Waals surface area contributed by atoms with Crippen LogP contribution in [0.1, 0.15) is 24.1 Å². The Kier molecular flexibility index (Phi) is 8.26. The molecular weight excluding hydrogens is 411 g/mol. The summed E-state index contributed by atoms with van der Waals surface area (Å²) in [7, 11) is 0. The average molecular weight is 441 g/mol. The van der Waals surface area contributed by atoms with E-state index in [1.807, 2.05) is 36.1 Å². The molecule has 3 heterocycles. The van der Waals surface area contributed by atoms with E-state index in [1.165, 1.54) is 0 Å². The first kappa shape index (κ1) is 23.8. The average Bonchev–Trinajstić information content (AvgIpc) is 2.69. The van der Waals surface area contributed by atoms with Gasteiger partial charge < -0.3 is 15.3 Å². The zero-order chi connectivity index (χ0) is 18.9. The normalized spacial score (nSPS) is 19.3. The molecule has 6 nitrogen and oxygen atoms in total. The Morgan fingerprint density at radius 3 is 2.48 bits per heavy atom. The number of fused-ring (bicyclic) bond motifs is 1. The first-order valence-corrected chi connectivity index (χ1v) is 9.85. The Morgan fingerprint density at radius 2 is 1.79 bits per heavy atom. The highest BCUT2D eigenvalue weighted by atomic mass is 35.5. The molecule has 29 heavy (non-hydrogen) atoms. The van der Waals surface area contributed by atoms with Crippen LogP contribution in [-0.4, -0.2) is 71.6 Å². The van der Waals surface area contributed by atoms with Crippen molar-refractivity contribution in [2.75, 3.05) is 45.8 Å². The molecule has 2 fully saturated rings. The number of piperidine rings is 1. The van der Waals surface area contributed by atoms with Gasteiger partial charge in [-0.05, 0) is 43.5 Å². The number of hydrogen-bond donors (Lipinski definition) is 2. The van der Waals surface area contributed by atoms with Gasteiger partial charge in [-0.1, -0.05) is 12.1 Å². The van der Waals surface area contributed by atoms with Gasteiger partial charge >= 0.3 is 0 Å². The van der Waals surface area contributed by atoms with Gasteiger partial charge in [0.1, 0.15) is 0 Å².